The molecule has 3 heterocycles. The number of ether oxygens (including phenoxy) is 2. The van der Waals surface area contributed by atoms with E-state index in [0.717, 1.165) is 48.3 Å². The minimum absolute atomic E-state index is 0.0658. The lowest BCUT2D eigenvalue weighted by atomic mass is 10.0. The Hall–Kier alpha value is -3.84. The highest BCUT2D eigenvalue weighted by Crippen LogP contribution is 2.28. The maximum atomic E-state index is 12.4. The van der Waals surface area contributed by atoms with E-state index in [2.05, 4.69) is 58.0 Å². The molecule has 8 nitrogen and oxygen atoms in total. The fourth-order valence-electron chi connectivity index (χ4n) is 4.54. The third kappa shape index (κ3) is 6.68. The first-order valence-corrected chi connectivity index (χ1v) is 12.7. The largest absolute Gasteiger partial charge is 0.484 e. The molecule has 0 aromatic heterocycles. The number of rotatable bonds is 8. The van der Waals surface area contributed by atoms with Gasteiger partial charge in [-0.1, -0.05) is 29.5 Å². The minimum Gasteiger partial charge on any atom is -0.484 e. The van der Waals surface area contributed by atoms with Crippen molar-refractivity contribution in [2.75, 3.05) is 38.7 Å². The molecule has 1 fully saturated rings. The van der Waals surface area contributed by atoms with Gasteiger partial charge in [0.05, 0.1) is 6.10 Å². The highest BCUT2D eigenvalue weighted by Gasteiger charge is 2.17. The second-order valence-corrected chi connectivity index (χ2v) is 9.56. The zero-order valence-corrected chi connectivity index (χ0v) is 21.3. The molecule has 0 bridgehead atoms. The summed E-state index contributed by atoms with van der Waals surface area (Å²) in [6, 6.07) is 12.3. The van der Waals surface area contributed by atoms with Gasteiger partial charge < -0.3 is 25.1 Å². The average molecular weight is 500 g/mol. The summed E-state index contributed by atoms with van der Waals surface area (Å²) < 4.78 is 11.5. The van der Waals surface area contributed by atoms with E-state index >= 15 is 0 Å². The smallest absolute Gasteiger partial charge is 0.258 e. The quantitative estimate of drug-likeness (QED) is 0.482. The molecule has 3 aliphatic rings. The van der Waals surface area contributed by atoms with Gasteiger partial charge in [-0.15, -0.1) is 0 Å². The van der Waals surface area contributed by atoms with Gasteiger partial charge in [0, 0.05) is 50.9 Å². The van der Waals surface area contributed by atoms with Crippen LogP contribution in [0.5, 0.6) is 5.75 Å². The van der Waals surface area contributed by atoms with Crippen LogP contribution in [0.3, 0.4) is 0 Å². The number of aryl methyl sites for hydroxylation is 1. The number of hydrazine groups is 1. The summed E-state index contributed by atoms with van der Waals surface area (Å²) >= 11 is 0. The molecule has 0 radical (unpaired) electrons. The van der Waals surface area contributed by atoms with E-state index in [1.807, 2.05) is 42.7 Å². The molecule has 1 amide bonds. The molecule has 2 aromatic rings. The maximum Gasteiger partial charge on any atom is 0.258 e. The minimum atomic E-state index is -0.166. The van der Waals surface area contributed by atoms with Crippen LogP contribution in [0.25, 0.3) is 5.57 Å². The first-order chi connectivity index (χ1) is 18.0. The van der Waals surface area contributed by atoms with Crippen LogP contribution >= 0.6 is 0 Å². The summed E-state index contributed by atoms with van der Waals surface area (Å²) in [7, 11) is 1.96. The van der Waals surface area contributed by atoms with Crippen LogP contribution in [-0.4, -0.2) is 56.6 Å². The molecule has 2 aromatic carbocycles. The molecular weight excluding hydrogens is 466 g/mol. The predicted octanol–water partition coefficient (Wildman–Crippen LogP) is 3.54. The van der Waals surface area contributed by atoms with E-state index in [1.165, 1.54) is 11.1 Å². The van der Waals surface area contributed by atoms with Gasteiger partial charge in [0.15, 0.2) is 12.4 Å². The van der Waals surface area contributed by atoms with E-state index in [0.29, 0.717) is 24.7 Å². The number of benzene rings is 2. The number of amides is 1. The Balaban J connectivity index is 1.32. The Bertz CT molecular complexity index is 1290. The van der Waals surface area contributed by atoms with Gasteiger partial charge in [-0.05, 0) is 66.7 Å². The summed E-state index contributed by atoms with van der Waals surface area (Å²) in [6.07, 6.45) is 8.82. The highest BCUT2D eigenvalue weighted by atomic mass is 16.5. The number of carbonyl (C=O) groups excluding carboxylic acids is 1. The van der Waals surface area contributed by atoms with E-state index in [1.54, 1.807) is 0 Å². The third-order valence-corrected chi connectivity index (χ3v) is 6.52. The Morgan fingerprint density at radius 2 is 2.22 bits per heavy atom. The molecule has 8 heteroatoms. The van der Waals surface area contributed by atoms with Crippen molar-refractivity contribution >= 4 is 23.4 Å². The molecule has 5 rings (SSSR count). The predicted molar refractivity (Wildman–Crippen MR) is 145 cm³/mol. The van der Waals surface area contributed by atoms with Crippen LogP contribution in [-0.2, 0) is 16.0 Å². The molecule has 0 saturated carbocycles. The molecule has 3 N–H and O–H groups in total. The number of hydrogen-bond acceptors (Lipinski definition) is 7. The maximum absolute atomic E-state index is 12.4. The van der Waals surface area contributed by atoms with Crippen molar-refractivity contribution in [1.82, 2.24) is 15.8 Å². The number of carbonyl (C=O) groups is 1. The zero-order valence-electron chi connectivity index (χ0n) is 21.3. The molecule has 1 saturated heterocycles. The normalized spacial score (nSPS) is 19.4. The molecule has 3 aliphatic heterocycles. The number of nitrogens with one attached hydrogen (secondary N) is 3. The van der Waals surface area contributed by atoms with E-state index in [-0.39, 0.29) is 18.6 Å². The molecule has 0 aliphatic carbocycles. The Morgan fingerprint density at radius 1 is 1.30 bits per heavy atom. The summed E-state index contributed by atoms with van der Waals surface area (Å²) in [5.41, 5.74) is 13.0. The van der Waals surface area contributed by atoms with Crippen LogP contribution in [0.1, 0.15) is 35.1 Å². The van der Waals surface area contributed by atoms with Crippen LogP contribution in [0, 0.1) is 6.92 Å². The average Bonchev–Trinajstić information content (AvgIpc) is 3.56. The molecule has 0 unspecified atom stereocenters. The first-order valence-electron chi connectivity index (χ1n) is 12.7. The number of anilines is 1. The molecule has 0 spiro atoms. The van der Waals surface area contributed by atoms with E-state index in [4.69, 9.17) is 9.47 Å². The lowest BCUT2D eigenvalue weighted by molar-refractivity contribution is -0.123. The van der Waals surface area contributed by atoms with Crippen molar-refractivity contribution in [2.24, 2.45) is 4.99 Å². The van der Waals surface area contributed by atoms with Gasteiger partial charge in [0.1, 0.15) is 5.75 Å². The highest BCUT2D eigenvalue weighted by molar-refractivity contribution is 5.83. The molecular formula is C29H33N5O3. The van der Waals surface area contributed by atoms with Crippen LogP contribution in [0.15, 0.2) is 65.2 Å². The van der Waals surface area contributed by atoms with Gasteiger partial charge in [0.25, 0.3) is 5.91 Å². The van der Waals surface area contributed by atoms with Crippen molar-refractivity contribution in [1.29, 1.82) is 0 Å². The number of nitrogens with zero attached hydrogens (tertiary/aromatic N) is 2. The van der Waals surface area contributed by atoms with Gasteiger partial charge in [0.2, 0.25) is 0 Å². The monoisotopic (exact) mass is 499 g/mol. The third-order valence-electron chi connectivity index (χ3n) is 6.52. The summed E-state index contributed by atoms with van der Waals surface area (Å²) in [5, 5.41) is 8.21. The fourth-order valence-corrected chi connectivity index (χ4v) is 4.54. The summed E-state index contributed by atoms with van der Waals surface area (Å²) in [4.78, 5) is 17.0. The summed E-state index contributed by atoms with van der Waals surface area (Å²) in [5.74, 6) is 1.05. The first kappa shape index (κ1) is 24.8. The second-order valence-electron chi connectivity index (χ2n) is 9.56. The molecule has 192 valence electrons. The van der Waals surface area contributed by atoms with E-state index < -0.39 is 0 Å². The van der Waals surface area contributed by atoms with Crippen molar-refractivity contribution in [3.8, 4) is 5.75 Å². The molecule has 37 heavy (non-hydrogen) atoms. The molecule has 1 atom stereocenters. The van der Waals surface area contributed by atoms with Gasteiger partial charge in [-0.2, -0.15) is 0 Å². The lowest BCUT2D eigenvalue weighted by Gasteiger charge is -2.14. The Kier molecular flexibility index (Phi) is 7.70. The Labute approximate surface area is 217 Å². The van der Waals surface area contributed by atoms with Gasteiger partial charge in [-0.25, -0.2) is 10.4 Å². The topological polar surface area (TPSA) is 87.2 Å². The lowest BCUT2D eigenvalue weighted by Crippen LogP contribution is -2.35. The SMILES string of the molecule is Cc1ccc2c(c1)/C=N\C(Nc1cc(OCC(=O)NC[C@H]3CCCO3)cc(C3=CN(C)NC3)c1)=C=CC2. The van der Waals surface area contributed by atoms with Crippen LogP contribution in [0.2, 0.25) is 0 Å². The number of fused-ring (bicyclic) bond motifs is 1. The standard InChI is InChI=1S/C29H33N5O3/c1-20-8-9-21-5-3-7-28(30-15-23(21)11-20)33-25-12-22(24-16-32-34(2)18-24)13-27(14-25)37-19-29(35)31-17-26-6-4-10-36-26/h3,8-9,11-15,18,26,32-33H,4-6,10,16-17,19H2,1-2H3,(H,31,35)/b30-15-/t7?,26-/m1/s1. The van der Waals surface area contributed by atoms with E-state index in [9.17, 15) is 4.79 Å². The number of aliphatic imine (C=N–C) groups is 1. The zero-order chi connectivity index (χ0) is 25.6. The van der Waals surface area contributed by atoms with Gasteiger partial charge in [-0.3, -0.25) is 4.79 Å². The van der Waals surface area contributed by atoms with Crippen LogP contribution in [0.4, 0.5) is 5.69 Å². The van der Waals surface area contributed by atoms with Crippen molar-refractivity contribution in [2.45, 2.75) is 32.3 Å². The Morgan fingerprint density at radius 3 is 3.03 bits per heavy atom. The number of hydrogen-bond donors (Lipinski definition) is 3. The van der Waals surface area contributed by atoms with Crippen molar-refractivity contribution < 1.29 is 14.3 Å². The van der Waals surface area contributed by atoms with Crippen molar-refractivity contribution in [3.05, 3.63) is 82.5 Å². The number of allylic oxidation sites excluding steroid dienone is 1. The fraction of sp³-hybridized carbons (Fsp3) is 0.345. The second kappa shape index (κ2) is 11.5. The van der Waals surface area contributed by atoms with Crippen molar-refractivity contribution in [3.63, 3.8) is 0 Å². The summed E-state index contributed by atoms with van der Waals surface area (Å²) in [6.45, 7) is 4.00. The van der Waals surface area contributed by atoms with Gasteiger partial charge >= 0.3 is 0 Å². The van der Waals surface area contributed by atoms with Crippen LogP contribution < -0.4 is 20.8 Å².